The lowest BCUT2D eigenvalue weighted by Gasteiger charge is -2.39. The molecule has 0 aliphatic carbocycles. The van der Waals surface area contributed by atoms with Crippen LogP contribution in [0.5, 0.6) is 0 Å². The smallest absolute Gasteiger partial charge is 0.187 e. The van der Waals surface area contributed by atoms with E-state index in [-0.39, 0.29) is 6.61 Å². The molecule has 0 aromatic carbocycles. The molecule has 0 saturated carbocycles. The van der Waals surface area contributed by atoms with Crippen molar-refractivity contribution in [3.05, 3.63) is 24.3 Å². The third-order valence-electron chi connectivity index (χ3n) is 3.91. The Balaban J connectivity index is 2.48. The second-order valence-electron chi connectivity index (χ2n) is 6.16. The molecule has 1 saturated heterocycles. The van der Waals surface area contributed by atoms with E-state index in [0.29, 0.717) is 12.8 Å². The van der Waals surface area contributed by atoms with Gasteiger partial charge in [0.15, 0.2) is 6.29 Å². The van der Waals surface area contributed by atoms with E-state index in [2.05, 4.69) is 6.58 Å². The Morgan fingerprint density at radius 3 is 2.48 bits per heavy atom. The van der Waals surface area contributed by atoms with Gasteiger partial charge in [0.2, 0.25) is 0 Å². The summed E-state index contributed by atoms with van der Waals surface area (Å²) in [7, 11) is 0. The second kappa shape index (κ2) is 8.89. The van der Waals surface area contributed by atoms with Crippen molar-refractivity contribution in [3.63, 3.8) is 0 Å². The van der Waals surface area contributed by atoms with Gasteiger partial charge < -0.3 is 35.0 Å². The van der Waals surface area contributed by atoms with E-state index in [1.165, 1.54) is 6.08 Å². The molecule has 134 valence electrons. The Morgan fingerprint density at radius 2 is 1.91 bits per heavy atom. The Labute approximate surface area is 136 Å². The van der Waals surface area contributed by atoms with Crippen LogP contribution in [0.2, 0.25) is 0 Å². The number of hydrogen-bond donors (Lipinski definition) is 5. The van der Waals surface area contributed by atoms with Crippen LogP contribution in [0.3, 0.4) is 0 Å². The Morgan fingerprint density at radius 1 is 1.26 bits per heavy atom. The lowest BCUT2D eigenvalue weighted by molar-refractivity contribution is -0.299. The highest BCUT2D eigenvalue weighted by Gasteiger charge is 2.43. The first-order valence-electron chi connectivity index (χ1n) is 7.65. The van der Waals surface area contributed by atoms with Crippen LogP contribution in [0.15, 0.2) is 24.3 Å². The molecule has 6 atom stereocenters. The van der Waals surface area contributed by atoms with Crippen LogP contribution >= 0.6 is 0 Å². The molecule has 0 spiro atoms. The normalized spacial score (nSPS) is 34.9. The van der Waals surface area contributed by atoms with E-state index < -0.39 is 42.9 Å². The summed E-state index contributed by atoms with van der Waals surface area (Å²) in [6, 6.07) is 0. The minimum atomic E-state index is -1.45. The zero-order valence-electron chi connectivity index (χ0n) is 13.6. The number of allylic oxidation sites excluding steroid dienone is 1. The number of ether oxygens (including phenoxy) is 2. The van der Waals surface area contributed by atoms with Gasteiger partial charge >= 0.3 is 0 Å². The van der Waals surface area contributed by atoms with Crippen molar-refractivity contribution in [2.24, 2.45) is 0 Å². The summed E-state index contributed by atoms with van der Waals surface area (Å²) < 4.78 is 10.7. The molecule has 7 heteroatoms. The van der Waals surface area contributed by atoms with E-state index in [4.69, 9.17) is 14.6 Å². The number of aliphatic hydroxyl groups excluding tert-OH is 4. The van der Waals surface area contributed by atoms with Gasteiger partial charge in [-0.3, -0.25) is 0 Å². The average molecular weight is 332 g/mol. The SMILES string of the molecule is C=CC(C)(O)CC/C=C(\C)CO[C@@H]1O[C@@H](CO)[C@H](O)[C@@H](O)[C@@H]1O. The van der Waals surface area contributed by atoms with Crippen molar-refractivity contribution in [2.45, 2.75) is 63.0 Å². The molecular weight excluding hydrogens is 304 g/mol. The van der Waals surface area contributed by atoms with Gasteiger partial charge in [-0.25, -0.2) is 0 Å². The Bertz CT molecular complexity index is 405. The van der Waals surface area contributed by atoms with Crippen molar-refractivity contribution in [1.29, 1.82) is 0 Å². The number of hydrogen-bond acceptors (Lipinski definition) is 7. The van der Waals surface area contributed by atoms with E-state index in [1.807, 2.05) is 13.0 Å². The molecular formula is C16H28O7. The summed E-state index contributed by atoms with van der Waals surface area (Å²) in [6.45, 7) is 6.72. The van der Waals surface area contributed by atoms with Crippen LogP contribution in [-0.2, 0) is 9.47 Å². The zero-order chi connectivity index (χ0) is 17.6. The highest BCUT2D eigenvalue weighted by atomic mass is 16.7. The third-order valence-corrected chi connectivity index (χ3v) is 3.91. The van der Waals surface area contributed by atoms with Crippen molar-refractivity contribution in [2.75, 3.05) is 13.2 Å². The summed E-state index contributed by atoms with van der Waals surface area (Å²) in [5.74, 6) is 0. The van der Waals surface area contributed by atoms with Crippen molar-refractivity contribution >= 4 is 0 Å². The molecule has 0 radical (unpaired) electrons. The molecule has 0 aromatic rings. The molecule has 1 aliphatic rings. The number of rotatable bonds is 8. The largest absolute Gasteiger partial charge is 0.394 e. The second-order valence-corrected chi connectivity index (χ2v) is 6.16. The molecule has 0 aromatic heterocycles. The van der Waals surface area contributed by atoms with Crippen molar-refractivity contribution < 1.29 is 35.0 Å². The highest BCUT2D eigenvalue weighted by molar-refractivity contribution is 5.01. The third kappa shape index (κ3) is 5.96. The van der Waals surface area contributed by atoms with Gasteiger partial charge in [-0.1, -0.05) is 17.7 Å². The Hall–Kier alpha value is -0.800. The van der Waals surface area contributed by atoms with E-state index >= 15 is 0 Å². The minimum absolute atomic E-state index is 0.152. The summed E-state index contributed by atoms with van der Waals surface area (Å²) in [6.07, 6.45) is -1.83. The van der Waals surface area contributed by atoms with E-state index in [9.17, 15) is 20.4 Å². The first kappa shape index (κ1) is 20.2. The first-order chi connectivity index (χ1) is 10.7. The molecule has 0 bridgehead atoms. The Kier molecular flexibility index (Phi) is 7.82. The molecule has 5 N–H and O–H groups in total. The van der Waals surface area contributed by atoms with Gasteiger partial charge in [0.25, 0.3) is 0 Å². The maximum absolute atomic E-state index is 9.84. The van der Waals surface area contributed by atoms with Crippen LogP contribution < -0.4 is 0 Å². The van der Waals surface area contributed by atoms with Crippen LogP contribution in [0.4, 0.5) is 0 Å². The molecule has 1 aliphatic heterocycles. The monoisotopic (exact) mass is 332 g/mol. The maximum atomic E-state index is 9.84. The summed E-state index contributed by atoms with van der Waals surface area (Å²) in [5.41, 5.74) is -0.0589. The molecule has 7 nitrogen and oxygen atoms in total. The van der Waals surface area contributed by atoms with Gasteiger partial charge in [0, 0.05) is 0 Å². The van der Waals surface area contributed by atoms with Crippen LogP contribution in [0.1, 0.15) is 26.7 Å². The molecule has 1 unspecified atom stereocenters. The van der Waals surface area contributed by atoms with Gasteiger partial charge in [-0.15, -0.1) is 6.58 Å². The van der Waals surface area contributed by atoms with Gasteiger partial charge in [0.05, 0.1) is 18.8 Å². The maximum Gasteiger partial charge on any atom is 0.187 e. The lowest BCUT2D eigenvalue weighted by Crippen LogP contribution is -2.59. The van der Waals surface area contributed by atoms with E-state index in [0.717, 1.165) is 5.57 Å². The molecule has 23 heavy (non-hydrogen) atoms. The van der Waals surface area contributed by atoms with Crippen molar-refractivity contribution in [3.8, 4) is 0 Å². The standard InChI is InChI=1S/C16H28O7/c1-4-16(3,21)7-5-6-10(2)9-22-15-14(20)13(19)12(18)11(8-17)23-15/h4,6,11-15,17-21H,1,5,7-9H2,2-3H3/b10-6+/t11-,12-,13+,14-,15+,16?/m0/s1. The lowest BCUT2D eigenvalue weighted by atomic mass is 9.99. The van der Waals surface area contributed by atoms with Gasteiger partial charge in [-0.2, -0.15) is 0 Å². The van der Waals surface area contributed by atoms with Crippen LogP contribution in [0, 0.1) is 0 Å². The average Bonchev–Trinajstić information content (AvgIpc) is 2.52. The van der Waals surface area contributed by atoms with Gasteiger partial charge in [0.1, 0.15) is 24.4 Å². The molecule has 1 rings (SSSR count). The van der Waals surface area contributed by atoms with Crippen LogP contribution in [0.25, 0.3) is 0 Å². The topological polar surface area (TPSA) is 120 Å². The zero-order valence-corrected chi connectivity index (χ0v) is 13.6. The fourth-order valence-electron chi connectivity index (χ4n) is 2.19. The molecule has 1 fully saturated rings. The predicted octanol–water partition coefficient (Wildman–Crippen LogP) is -0.534. The molecule has 1 heterocycles. The molecule has 0 amide bonds. The van der Waals surface area contributed by atoms with Crippen molar-refractivity contribution in [1.82, 2.24) is 0 Å². The summed E-state index contributed by atoms with van der Waals surface area (Å²) in [5, 5.41) is 48.1. The number of aliphatic hydroxyl groups is 5. The fourth-order valence-corrected chi connectivity index (χ4v) is 2.19. The summed E-state index contributed by atoms with van der Waals surface area (Å²) in [4.78, 5) is 0. The quantitative estimate of drug-likeness (QED) is 0.379. The first-order valence-corrected chi connectivity index (χ1v) is 7.65. The fraction of sp³-hybridized carbons (Fsp3) is 0.750. The highest BCUT2D eigenvalue weighted by Crippen LogP contribution is 2.22. The minimum Gasteiger partial charge on any atom is -0.394 e. The van der Waals surface area contributed by atoms with E-state index in [1.54, 1.807) is 6.92 Å². The van der Waals surface area contributed by atoms with Crippen LogP contribution in [-0.4, -0.2) is 75.1 Å². The predicted molar refractivity (Wildman–Crippen MR) is 83.5 cm³/mol. The summed E-state index contributed by atoms with van der Waals surface area (Å²) >= 11 is 0. The van der Waals surface area contributed by atoms with Gasteiger partial charge in [-0.05, 0) is 26.7 Å².